The molecule has 0 atom stereocenters. The van der Waals surface area contributed by atoms with Crippen molar-refractivity contribution in [2.24, 2.45) is 5.41 Å². The first-order chi connectivity index (χ1) is 12.4. The number of carboxylic acid groups (broad SMARTS) is 1. The molecule has 0 aliphatic heterocycles. The zero-order valence-electron chi connectivity index (χ0n) is 14.7. The number of nitrogens with one attached hydrogen (secondary N) is 1. The van der Waals surface area contributed by atoms with Gasteiger partial charge in [-0.05, 0) is 44.0 Å². The number of amides is 1. The number of hydrogen-bond acceptors (Lipinski definition) is 3. The number of rotatable bonds is 5. The van der Waals surface area contributed by atoms with Crippen molar-refractivity contribution in [2.45, 2.75) is 39.0 Å². The fourth-order valence-corrected chi connectivity index (χ4v) is 3.57. The van der Waals surface area contributed by atoms with Crippen molar-refractivity contribution in [3.8, 4) is 5.69 Å². The van der Waals surface area contributed by atoms with E-state index >= 15 is 0 Å². The van der Waals surface area contributed by atoms with Crippen LogP contribution >= 0.6 is 11.6 Å². The predicted octanol–water partition coefficient (Wildman–Crippen LogP) is 3.60. The van der Waals surface area contributed by atoms with Crippen molar-refractivity contribution < 1.29 is 14.7 Å². The summed E-state index contributed by atoms with van der Waals surface area (Å²) in [6.45, 7) is 1.90. The van der Waals surface area contributed by atoms with Gasteiger partial charge >= 0.3 is 5.97 Å². The maximum Gasteiger partial charge on any atom is 0.311 e. The highest BCUT2D eigenvalue weighted by Gasteiger charge is 2.40. The molecule has 138 valence electrons. The molecule has 1 aliphatic carbocycles. The van der Waals surface area contributed by atoms with E-state index in [-0.39, 0.29) is 12.5 Å². The molecule has 1 heterocycles. The fraction of sp³-hybridized carbons (Fsp3) is 0.421. The van der Waals surface area contributed by atoms with Crippen molar-refractivity contribution in [1.29, 1.82) is 0 Å². The number of aliphatic carboxylic acids is 1. The molecule has 1 fully saturated rings. The highest BCUT2D eigenvalue weighted by molar-refractivity contribution is 6.30. The molecule has 1 amide bonds. The Morgan fingerprint density at radius 2 is 1.88 bits per heavy atom. The fourth-order valence-electron chi connectivity index (χ4n) is 3.45. The van der Waals surface area contributed by atoms with E-state index in [9.17, 15) is 14.7 Å². The quantitative estimate of drug-likeness (QED) is 0.836. The summed E-state index contributed by atoms with van der Waals surface area (Å²) in [6.07, 6.45) is 5.68. The molecule has 0 radical (unpaired) electrons. The summed E-state index contributed by atoms with van der Waals surface area (Å²) in [7, 11) is 0. The molecular formula is C19H22ClN3O3. The van der Waals surface area contributed by atoms with Gasteiger partial charge in [0.2, 0.25) is 0 Å². The van der Waals surface area contributed by atoms with E-state index in [1.807, 2.05) is 12.1 Å². The van der Waals surface area contributed by atoms with E-state index in [1.165, 1.54) is 0 Å². The first-order valence-corrected chi connectivity index (χ1v) is 9.13. The highest BCUT2D eigenvalue weighted by atomic mass is 35.5. The second-order valence-corrected chi connectivity index (χ2v) is 7.31. The minimum absolute atomic E-state index is 0.146. The molecule has 6 nitrogen and oxygen atoms in total. The SMILES string of the molecule is Cc1nn(-c2ccc(Cl)cc2)cc1C(=O)NCC1(C(=O)O)CCCCC1. The monoisotopic (exact) mass is 375 g/mol. The third-order valence-electron chi connectivity index (χ3n) is 5.09. The topological polar surface area (TPSA) is 84.2 Å². The number of carbonyl (C=O) groups excluding carboxylic acids is 1. The van der Waals surface area contributed by atoms with Crippen LogP contribution in [0.5, 0.6) is 0 Å². The van der Waals surface area contributed by atoms with E-state index < -0.39 is 11.4 Å². The van der Waals surface area contributed by atoms with Crippen LogP contribution in [0.2, 0.25) is 5.02 Å². The Kier molecular flexibility index (Phi) is 5.32. The zero-order chi connectivity index (χ0) is 18.7. The van der Waals surface area contributed by atoms with Crippen LogP contribution < -0.4 is 5.32 Å². The molecule has 1 aliphatic rings. The van der Waals surface area contributed by atoms with E-state index in [0.717, 1.165) is 24.9 Å². The van der Waals surface area contributed by atoms with Gasteiger partial charge in [0.25, 0.3) is 5.91 Å². The second-order valence-electron chi connectivity index (χ2n) is 6.88. The maximum atomic E-state index is 12.6. The summed E-state index contributed by atoms with van der Waals surface area (Å²) in [5.74, 6) is -1.13. The van der Waals surface area contributed by atoms with Gasteiger partial charge < -0.3 is 10.4 Å². The normalized spacial score (nSPS) is 16.2. The van der Waals surface area contributed by atoms with Crippen LogP contribution in [0, 0.1) is 12.3 Å². The van der Waals surface area contributed by atoms with E-state index in [4.69, 9.17) is 11.6 Å². The van der Waals surface area contributed by atoms with Crippen molar-refractivity contribution in [3.05, 3.63) is 46.7 Å². The van der Waals surface area contributed by atoms with Crippen molar-refractivity contribution in [1.82, 2.24) is 15.1 Å². The number of carboxylic acids is 1. The third-order valence-corrected chi connectivity index (χ3v) is 5.34. The summed E-state index contributed by atoms with van der Waals surface area (Å²) in [5.41, 5.74) is 0.973. The molecule has 2 aromatic rings. The van der Waals surface area contributed by atoms with Gasteiger partial charge in [-0.1, -0.05) is 30.9 Å². The van der Waals surface area contributed by atoms with Crippen LogP contribution in [0.15, 0.2) is 30.5 Å². The van der Waals surface area contributed by atoms with Crippen LogP contribution in [-0.4, -0.2) is 33.3 Å². The Labute approximate surface area is 157 Å². The number of carbonyl (C=O) groups is 2. The first-order valence-electron chi connectivity index (χ1n) is 8.75. The lowest BCUT2D eigenvalue weighted by Crippen LogP contribution is -2.44. The number of halogens is 1. The summed E-state index contributed by atoms with van der Waals surface area (Å²) in [5, 5.41) is 17.4. The standard InChI is InChI=1S/C19H22ClN3O3/c1-13-16(11-23(22-13)15-7-5-14(20)6-8-15)17(24)21-12-19(18(25)26)9-3-2-4-10-19/h5-8,11H,2-4,9-10,12H2,1H3,(H,21,24)(H,25,26). The van der Waals surface area contributed by atoms with Crippen LogP contribution in [0.4, 0.5) is 0 Å². The summed E-state index contributed by atoms with van der Waals surface area (Å²) in [4.78, 5) is 24.3. The van der Waals surface area contributed by atoms with Crippen LogP contribution in [0.25, 0.3) is 5.69 Å². The second kappa shape index (κ2) is 7.50. The van der Waals surface area contributed by atoms with Gasteiger partial charge in [0.1, 0.15) is 0 Å². The van der Waals surface area contributed by atoms with Crippen molar-refractivity contribution in [2.75, 3.05) is 6.54 Å². The van der Waals surface area contributed by atoms with E-state index in [1.54, 1.807) is 29.9 Å². The minimum Gasteiger partial charge on any atom is -0.481 e. The third kappa shape index (κ3) is 3.75. The molecule has 0 bridgehead atoms. The van der Waals surface area contributed by atoms with E-state index in [0.29, 0.717) is 29.1 Å². The average molecular weight is 376 g/mol. The summed E-state index contributed by atoms with van der Waals surface area (Å²) in [6, 6.07) is 7.15. The zero-order valence-corrected chi connectivity index (χ0v) is 15.4. The van der Waals surface area contributed by atoms with Gasteiger partial charge in [0, 0.05) is 17.8 Å². The molecule has 3 rings (SSSR count). The minimum atomic E-state index is -0.853. The molecule has 0 saturated heterocycles. The van der Waals surface area contributed by atoms with Crippen molar-refractivity contribution >= 4 is 23.5 Å². The lowest BCUT2D eigenvalue weighted by Gasteiger charge is -2.33. The number of aryl methyl sites for hydroxylation is 1. The molecule has 0 spiro atoms. The van der Waals surface area contributed by atoms with Crippen molar-refractivity contribution in [3.63, 3.8) is 0 Å². The molecule has 7 heteroatoms. The Balaban J connectivity index is 1.74. The molecule has 1 saturated carbocycles. The van der Waals surface area contributed by atoms with Gasteiger partial charge in [-0.3, -0.25) is 9.59 Å². The Hall–Kier alpha value is -2.34. The van der Waals surface area contributed by atoms with Crippen LogP contribution in [0.3, 0.4) is 0 Å². The predicted molar refractivity (Wildman–Crippen MR) is 98.8 cm³/mol. The Morgan fingerprint density at radius 1 is 1.23 bits per heavy atom. The number of benzene rings is 1. The van der Waals surface area contributed by atoms with Gasteiger partial charge in [-0.25, -0.2) is 4.68 Å². The molecule has 1 aromatic heterocycles. The number of hydrogen-bond donors (Lipinski definition) is 2. The highest BCUT2D eigenvalue weighted by Crippen LogP contribution is 2.36. The van der Waals surface area contributed by atoms with Gasteiger partial charge in [0.05, 0.1) is 22.4 Å². The molecule has 1 aromatic carbocycles. The summed E-state index contributed by atoms with van der Waals surface area (Å²) < 4.78 is 1.62. The van der Waals surface area contributed by atoms with Crippen LogP contribution in [-0.2, 0) is 4.79 Å². The smallest absolute Gasteiger partial charge is 0.311 e. The lowest BCUT2D eigenvalue weighted by atomic mass is 9.74. The Morgan fingerprint density at radius 3 is 2.50 bits per heavy atom. The average Bonchev–Trinajstić information content (AvgIpc) is 3.03. The summed E-state index contributed by atoms with van der Waals surface area (Å²) >= 11 is 5.90. The molecule has 0 unspecified atom stereocenters. The van der Waals surface area contributed by atoms with Gasteiger partial charge in [-0.2, -0.15) is 5.10 Å². The number of aromatic nitrogens is 2. The van der Waals surface area contributed by atoms with Gasteiger partial charge in [0.15, 0.2) is 0 Å². The Bertz CT molecular complexity index is 808. The first kappa shape index (κ1) is 18.5. The lowest BCUT2D eigenvalue weighted by molar-refractivity contribution is -0.150. The van der Waals surface area contributed by atoms with Gasteiger partial charge in [-0.15, -0.1) is 0 Å². The van der Waals surface area contributed by atoms with E-state index in [2.05, 4.69) is 10.4 Å². The molecule has 26 heavy (non-hydrogen) atoms. The molecule has 2 N–H and O–H groups in total. The number of nitrogens with zero attached hydrogens (tertiary/aromatic N) is 2. The van der Waals surface area contributed by atoms with Crippen LogP contribution in [0.1, 0.15) is 48.2 Å². The largest absolute Gasteiger partial charge is 0.481 e. The maximum absolute atomic E-state index is 12.6. The molecular weight excluding hydrogens is 354 g/mol.